The second-order valence-electron chi connectivity index (χ2n) is 3.71. The minimum atomic E-state index is -0.458. The van der Waals surface area contributed by atoms with E-state index >= 15 is 0 Å². The molecule has 0 bridgehead atoms. The zero-order chi connectivity index (χ0) is 13.8. The van der Waals surface area contributed by atoms with E-state index in [0.29, 0.717) is 16.3 Å². The molecular formula is C12H10ClN3O3. The average Bonchev–Trinajstić information content (AvgIpc) is 2.43. The van der Waals surface area contributed by atoms with Gasteiger partial charge in [0.15, 0.2) is 0 Å². The molecule has 2 rings (SSSR count). The molecule has 98 valence electrons. The molecule has 7 heteroatoms. The SMILES string of the molecule is COC(=O)c1ccc(Cn2cc(Cl)cnc2=O)nc1. The van der Waals surface area contributed by atoms with E-state index in [9.17, 15) is 9.59 Å². The van der Waals surface area contributed by atoms with Crippen molar-refractivity contribution in [3.8, 4) is 0 Å². The van der Waals surface area contributed by atoms with E-state index in [0.717, 1.165) is 0 Å². The molecule has 0 aliphatic carbocycles. The maximum atomic E-state index is 11.5. The van der Waals surface area contributed by atoms with Crippen molar-refractivity contribution in [2.45, 2.75) is 6.54 Å². The number of carbonyl (C=O) groups excluding carboxylic acids is 1. The summed E-state index contributed by atoms with van der Waals surface area (Å²) >= 11 is 5.76. The van der Waals surface area contributed by atoms with Gasteiger partial charge in [-0.3, -0.25) is 9.55 Å². The van der Waals surface area contributed by atoms with Crippen LogP contribution in [0.4, 0.5) is 0 Å². The molecule has 0 atom stereocenters. The fourth-order valence-electron chi connectivity index (χ4n) is 1.47. The molecule has 0 spiro atoms. The Labute approximate surface area is 113 Å². The van der Waals surface area contributed by atoms with E-state index in [-0.39, 0.29) is 6.54 Å². The van der Waals surface area contributed by atoms with Gasteiger partial charge in [0, 0.05) is 12.4 Å². The van der Waals surface area contributed by atoms with Gasteiger partial charge in [0.05, 0.1) is 36.1 Å². The number of nitrogens with zero attached hydrogens (tertiary/aromatic N) is 3. The summed E-state index contributed by atoms with van der Waals surface area (Å²) in [6.07, 6.45) is 4.16. The first-order valence-corrected chi connectivity index (χ1v) is 5.73. The number of hydrogen-bond donors (Lipinski definition) is 0. The molecule has 0 aliphatic heterocycles. The number of halogens is 1. The van der Waals surface area contributed by atoms with Crippen molar-refractivity contribution in [1.82, 2.24) is 14.5 Å². The number of aromatic nitrogens is 3. The lowest BCUT2D eigenvalue weighted by atomic mass is 10.2. The Morgan fingerprint density at radius 1 is 1.37 bits per heavy atom. The van der Waals surface area contributed by atoms with Crippen LogP contribution in [0.3, 0.4) is 0 Å². The molecule has 2 aromatic rings. The summed E-state index contributed by atoms with van der Waals surface area (Å²) in [6.45, 7) is 0.230. The van der Waals surface area contributed by atoms with Crippen LogP contribution in [0, 0.1) is 0 Å². The maximum Gasteiger partial charge on any atom is 0.347 e. The summed E-state index contributed by atoms with van der Waals surface area (Å²) in [5.74, 6) is -0.458. The number of methoxy groups -OCH3 is 1. The third kappa shape index (κ3) is 3.17. The van der Waals surface area contributed by atoms with Crippen molar-refractivity contribution in [3.63, 3.8) is 0 Å². The highest BCUT2D eigenvalue weighted by Gasteiger charge is 2.06. The summed E-state index contributed by atoms with van der Waals surface area (Å²) < 4.78 is 5.90. The largest absolute Gasteiger partial charge is 0.465 e. The van der Waals surface area contributed by atoms with Crippen LogP contribution in [0.15, 0.2) is 35.5 Å². The number of pyridine rings is 1. The first-order chi connectivity index (χ1) is 9.10. The summed E-state index contributed by atoms with van der Waals surface area (Å²) in [7, 11) is 1.30. The van der Waals surface area contributed by atoms with Crippen LogP contribution < -0.4 is 5.69 Å². The molecule has 0 saturated heterocycles. The highest BCUT2D eigenvalue weighted by Crippen LogP contribution is 2.05. The normalized spacial score (nSPS) is 10.2. The molecule has 2 aromatic heterocycles. The molecule has 0 aliphatic rings. The monoisotopic (exact) mass is 279 g/mol. The molecule has 0 saturated carbocycles. The molecule has 6 nitrogen and oxygen atoms in total. The Hall–Kier alpha value is -2.21. The number of carbonyl (C=O) groups is 1. The molecular weight excluding hydrogens is 270 g/mol. The van der Waals surface area contributed by atoms with Gasteiger partial charge in [-0.2, -0.15) is 0 Å². The predicted octanol–water partition coefficient (Wildman–Crippen LogP) is 1.13. The standard InChI is InChI=1S/C12H10ClN3O3/c1-19-11(17)8-2-3-10(14-4-8)7-16-6-9(13)5-15-12(16)18/h2-6H,7H2,1H3. The van der Waals surface area contributed by atoms with E-state index in [1.165, 1.54) is 30.3 Å². The quantitative estimate of drug-likeness (QED) is 0.787. The molecule has 0 fully saturated rings. The minimum Gasteiger partial charge on any atom is -0.465 e. The van der Waals surface area contributed by atoms with E-state index in [4.69, 9.17) is 11.6 Å². The average molecular weight is 280 g/mol. The van der Waals surface area contributed by atoms with Crippen molar-refractivity contribution in [3.05, 3.63) is 57.5 Å². The minimum absolute atomic E-state index is 0.230. The summed E-state index contributed by atoms with van der Waals surface area (Å²) in [5.41, 5.74) is 0.546. The zero-order valence-corrected chi connectivity index (χ0v) is 10.8. The maximum absolute atomic E-state index is 11.5. The lowest BCUT2D eigenvalue weighted by molar-refractivity contribution is 0.0600. The molecule has 0 radical (unpaired) electrons. The second kappa shape index (κ2) is 5.62. The van der Waals surface area contributed by atoms with Gasteiger partial charge in [-0.25, -0.2) is 14.6 Å². The molecule has 2 heterocycles. The molecule has 19 heavy (non-hydrogen) atoms. The highest BCUT2D eigenvalue weighted by molar-refractivity contribution is 6.30. The first-order valence-electron chi connectivity index (χ1n) is 5.35. The second-order valence-corrected chi connectivity index (χ2v) is 4.15. The van der Waals surface area contributed by atoms with Gasteiger partial charge in [-0.15, -0.1) is 0 Å². The Morgan fingerprint density at radius 3 is 2.79 bits per heavy atom. The first kappa shape index (κ1) is 13.2. The summed E-state index contributed by atoms with van der Waals surface area (Å²) in [5, 5.41) is 0.366. The number of hydrogen-bond acceptors (Lipinski definition) is 5. The zero-order valence-electron chi connectivity index (χ0n) is 10.0. The van der Waals surface area contributed by atoms with Gasteiger partial charge >= 0.3 is 11.7 Å². The highest BCUT2D eigenvalue weighted by atomic mass is 35.5. The molecule has 0 N–H and O–H groups in total. The van der Waals surface area contributed by atoms with Crippen LogP contribution in [-0.4, -0.2) is 27.6 Å². The van der Waals surface area contributed by atoms with Gasteiger partial charge < -0.3 is 4.74 Å². The van der Waals surface area contributed by atoms with Crippen LogP contribution in [0.25, 0.3) is 0 Å². The number of ether oxygens (including phenoxy) is 1. The van der Waals surface area contributed by atoms with E-state index < -0.39 is 11.7 Å². The van der Waals surface area contributed by atoms with Gasteiger partial charge in [0.25, 0.3) is 0 Å². The third-order valence-corrected chi connectivity index (χ3v) is 2.60. The van der Waals surface area contributed by atoms with Crippen LogP contribution in [0.5, 0.6) is 0 Å². The van der Waals surface area contributed by atoms with E-state index in [2.05, 4.69) is 14.7 Å². The Bertz CT molecular complexity index is 652. The molecule has 0 amide bonds. The van der Waals surface area contributed by atoms with Crippen LogP contribution in [0.2, 0.25) is 5.02 Å². The van der Waals surface area contributed by atoms with Crippen molar-refractivity contribution in [2.75, 3.05) is 7.11 Å². The number of esters is 1. The van der Waals surface area contributed by atoms with Crippen molar-refractivity contribution < 1.29 is 9.53 Å². The third-order valence-electron chi connectivity index (χ3n) is 2.40. The Morgan fingerprint density at radius 2 is 2.16 bits per heavy atom. The smallest absolute Gasteiger partial charge is 0.347 e. The van der Waals surface area contributed by atoms with Gasteiger partial charge in [-0.1, -0.05) is 11.6 Å². The van der Waals surface area contributed by atoms with Gasteiger partial charge in [0.2, 0.25) is 0 Å². The Kier molecular flexibility index (Phi) is 3.91. The van der Waals surface area contributed by atoms with E-state index in [1.54, 1.807) is 12.1 Å². The van der Waals surface area contributed by atoms with Gasteiger partial charge in [-0.05, 0) is 12.1 Å². The van der Waals surface area contributed by atoms with Gasteiger partial charge in [0.1, 0.15) is 0 Å². The van der Waals surface area contributed by atoms with Crippen LogP contribution in [-0.2, 0) is 11.3 Å². The van der Waals surface area contributed by atoms with E-state index in [1.807, 2.05) is 0 Å². The lowest BCUT2D eigenvalue weighted by Gasteiger charge is -2.05. The fraction of sp³-hybridized carbons (Fsp3) is 0.167. The molecule has 0 aromatic carbocycles. The molecule has 0 unspecified atom stereocenters. The topological polar surface area (TPSA) is 74.1 Å². The van der Waals surface area contributed by atoms with Crippen molar-refractivity contribution in [2.24, 2.45) is 0 Å². The number of rotatable bonds is 3. The lowest BCUT2D eigenvalue weighted by Crippen LogP contribution is -2.22. The fourth-order valence-corrected chi connectivity index (χ4v) is 1.64. The van der Waals surface area contributed by atoms with Crippen molar-refractivity contribution >= 4 is 17.6 Å². The van der Waals surface area contributed by atoms with Crippen LogP contribution >= 0.6 is 11.6 Å². The summed E-state index contributed by atoms with van der Waals surface area (Å²) in [6, 6.07) is 3.22. The van der Waals surface area contributed by atoms with Crippen molar-refractivity contribution in [1.29, 1.82) is 0 Å². The predicted molar refractivity (Wildman–Crippen MR) is 68.2 cm³/mol. The summed E-state index contributed by atoms with van der Waals surface area (Å²) in [4.78, 5) is 30.4. The van der Waals surface area contributed by atoms with Crippen LogP contribution in [0.1, 0.15) is 16.1 Å². The Balaban J connectivity index is 2.22.